The molecule has 4 aromatic rings. The van der Waals surface area contributed by atoms with Gasteiger partial charge in [-0.2, -0.15) is 10.2 Å². The number of carbonyl (C=O) groups is 1. The monoisotopic (exact) mass is 378 g/mol. The first-order chi connectivity index (χ1) is 13.1. The lowest BCUT2D eigenvalue weighted by Crippen LogP contribution is -2.29. The molecule has 0 bridgehead atoms. The molecule has 1 N–H and O–H groups in total. The quantitative estimate of drug-likeness (QED) is 0.590. The van der Waals surface area contributed by atoms with Crippen LogP contribution in [0.3, 0.4) is 0 Å². The van der Waals surface area contributed by atoms with E-state index in [4.69, 9.17) is 0 Å². The third kappa shape index (κ3) is 2.48. The van der Waals surface area contributed by atoms with Crippen LogP contribution in [-0.4, -0.2) is 30.7 Å². The van der Waals surface area contributed by atoms with Gasteiger partial charge in [-0.05, 0) is 35.9 Å². The van der Waals surface area contributed by atoms with Crippen molar-refractivity contribution in [1.82, 2.24) is 24.8 Å². The van der Waals surface area contributed by atoms with E-state index in [-0.39, 0.29) is 11.9 Å². The molecule has 7 nitrogen and oxygen atoms in total. The van der Waals surface area contributed by atoms with Crippen LogP contribution in [0, 0.1) is 5.92 Å². The first-order valence-corrected chi connectivity index (χ1v) is 9.75. The molecule has 1 aliphatic rings. The molecule has 0 aliphatic carbocycles. The molecule has 4 aromatic heterocycles. The lowest BCUT2D eigenvalue weighted by atomic mass is 9.99. The van der Waals surface area contributed by atoms with E-state index in [1.807, 2.05) is 34.7 Å². The number of pyridine rings is 1. The van der Waals surface area contributed by atoms with Gasteiger partial charge in [0.05, 0.1) is 17.6 Å². The largest absolute Gasteiger partial charge is 0.293 e. The van der Waals surface area contributed by atoms with E-state index in [9.17, 15) is 4.79 Å². The molecular weight excluding hydrogens is 360 g/mol. The molecule has 0 fully saturated rings. The summed E-state index contributed by atoms with van der Waals surface area (Å²) in [6, 6.07) is 7.71. The lowest BCUT2D eigenvalue weighted by molar-refractivity contribution is 0.0989. The molecule has 1 aliphatic heterocycles. The molecule has 136 valence electrons. The summed E-state index contributed by atoms with van der Waals surface area (Å²) in [6.07, 6.45) is 4.19. The molecule has 8 heteroatoms. The van der Waals surface area contributed by atoms with Crippen LogP contribution in [0.25, 0.3) is 5.65 Å². The molecule has 5 rings (SSSR count). The third-order valence-electron chi connectivity index (χ3n) is 4.80. The van der Waals surface area contributed by atoms with Crippen molar-refractivity contribution in [3.8, 4) is 0 Å². The summed E-state index contributed by atoms with van der Waals surface area (Å²) in [6.45, 7) is 4.32. The van der Waals surface area contributed by atoms with E-state index in [1.165, 1.54) is 6.33 Å². The summed E-state index contributed by atoms with van der Waals surface area (Å²) < 4.78 is 1.69. The van der Waals surface area contributed by atoms with Crippen LogP contribution in [0.2, 0.25) is 0 Å². The van der Waals surface area contributed by atoms with Crippen molar-refractivity contribution in [3.63, 3.8) is 0 Å². The SMILES string of the molecule is CC(C)Cc1n[nH]c2c1C(c1cccs1)N(c1ccc3ncnn3c1)C2=O. The van der Waals surface area contributed by atoms with Crippen LogP contribution in [0.5, 0.6) is 0 Å². The highest BCUT2D eigenvalue weighted by Gasteiger charge is 2.43. The fraction of sp³-hybridized carbons (Fsp3) is 0.263. The number of rotatable bonds is 4. The fourth-order valence-corrected chi connectivity index (χ4v) is 4.51. The number of H-pyrrole nitrogens is 1. The number of anilines is 1. The van der Waals surface area contributed by atoms with Gasteiger partial charge >= 0.3 is 0 Å². The highest BCUT2D eigenvalue weighted by molar-refractivity contribution is 7.10. The minimum Gasteiger partial charge on any atom is -0.293 e. The number of thiophene rings is 1. The maximum absolute atomic E-state index is 13.3. The molecular formula is C19H18N6OS. The first-order valence-electron chi connectivity index (χ1n) is 8.87. The average Bonchev–Trinajstić information content (AvgIpc) is 3.40. The van der Waals surface area contributed by atoms with Crippen molar-refractivity contribution in [1.29, 1.82) is 0 Å². The molecule has 1 atom stereocenters. The number of hydrogen-bond acceptors (Lipinski definition) is 5. The molecule has 0 saturated carbocycles. The van der Waals surface area contributed by atoms with Gasteiger partial charge in [0, 0.05) is 10.4 Å². The minimum atomic E-state index is -0.180. The zero-order chi connectivity index (χ0) is 18.5. The van der Waals surface area contributed by atoms with Gasteiger partial charge in [-0.15, -0.1) is 11.3 Å². The Kier molecular flexibility index (Phi) is 3.61. The predicted molar refractivity (Wildman–Crippen MR) is 103 cm³/mol. The smallest absolute Gasteiger partial charge is 0.277 e. The van der Waals surface area contributed by atoms with Crippen LogP contribution < -0.4 is 4.90 Å². The number of nitrogens with one attached hydrogen (secondary N) is 1. The number of aromatic amines is 1. The van der Waals surface area contributed by atoms with E-state index < -0.39 is 0 Å². The first kappa shape index (κ1) is 16.2. The molecule has 27 heavy (non-hydrogen) atoms. The van der Waals surface area contributed by atoms with Gasteiger partial charge < -0.3 is 0 Å². The van der Waals surface area contributed by atoms with Crippen molar-refractivity contribution in [2.45, 2.75) is 26.3 Å². The van der Waals surface area contributed by atoms with Gasteiger partial charge in [0.25, 0.3) is 5.91 Å². The zero-order valence-corrected chi connectivity index (χ0v) is 15.8. The van der Waals surface area contributed by atoms with E-state index in [0.717, 1.165) is 33.9 Å². The van der Waals surface area contributed by atoms with Gasteiger partial charge in [0.2, 0.25) is 0 Å². The highest BCUT2D eigenvalue weighted by Crippen LogP contribution is 2.44. The number of fused-ring (bicyclic) bond motifs is 2. The van der Waals surface area contributed by atoms with Crippen LogP contribution in [-0.2, 0) is 6.42 Å². The Morgan fingerprint density at radius 2 is 2.19 bits per heavy atom. The molecule has 0 spiro atoms. The highest BCUT2D eigenvalue weighted by atomic mass is 32.1. The summed E-state index contributed by atoms with van der Waals surface area (Å²) in [5, 5.41) is 13.7. The van der Waals surface area contributed by atoms with Gasteiger partial charge in [-0.3, -0.25) is 14.8 Å². The van der Waals surface area contributed by atoms with E-state index in [1.54, 1.807) is 15.9 Å². The number of nitrogens with zero attached hydrogens (tertiary/aromatic N) is 5. The van der Waals surface area contributed by atoms with Crippen molar-refractivity contribution in [2.24, 2.45) is 5.92 Å². The van der Waals surface area contributed by atoms with Crippen molar-refractivity contribution in [3.05, 3.63) is 64.0 Å². The Morgan fingerprint density at radius 3 is 2.96 bits per heavy atom. The van der Waals surface area contributed by atoms with Gasteiger partial charge in [-0.25, -0.2) is 9.50 Å². The number of aromatic nitrogens is 5. The summed E-state index contributed by atoms with van der Waals surface area (Å²) in [4.78, 5) is 20.4. The second-order valence-corrected chi connectivity index (χ2v) is 8.08. The minimum absolute atomic E-state index is 0.0645. The standard InChI is InChI=1S/C19H18N6OS/c1-11(2)8-13-16-17(23-22-13)19(26)25(18(16)14-4-3-7-27-14)12-5-6-15-20-10-21-24(15)9-12/h3-7,9-11,18H,8H2,1-2H3,(H,22,23). The molecule has 1 amide bonds. The predicted octanol–water partition coefficient (Wildman–Crippen LogP) is 3.46. The third-order valence-corrected chi connectivity index (χ3v) is 5.72. The van der Waals surface area contributed by atoms with Crippen LogP contribution >= 0.6 is 11.3 Å². The summed E-state index contributed by atoms with van der Waals surface area (Å²) >= 11 is 1.65. The Labute approximate surface area is 159 Å². The van der Waals surface area contributed by atoms with Gasteiger partial charge in [0.15, 0.2) is 5.65 Å². The maximum Gasteiger partial charge on any atom is 0.277 e. The Bertz CT molecular complexity index is 1130. The second-order valence-electron chi connectivity index (χ2n) is 7.10. The van der Waals surface area contributed by atoms with Crippen LogP contribution in [0.4, 0.5) is 5.69 Å². The van der Waals surface area contributed by atoms with Crippen molar-refractivity contribution in [2.75, 3.05) is 4.90 Å². The summed E-state index contributed by atoms with van der Waals surface area (Å²) in [5.41, 5.74) is 4.09. The average molecular weight is 378 g/mol. The van der Waals surface area contributed by atoms with Crippen LogP contribution in [0.15, 0.2) is 42.2 Å². The van der Waals surface area contributed by atoms with Crippen LogP contribution in [0.1, 0.15) is 46.5 Å². The topological polar surface area (TPSA) is 79.2 Å². The zero-order valence-electron chi connectivity index (χ0n) is 15.0. The van der Waals surface area contributed by atoms with E-state index >= 15 is 0 Å². The van der Waals surface area contributed by atoms with Crippen molar-refractivity contribution < 1.29 is 4.79 Å². The number of carbonyl (C=O) groups excluding carboxylic acids is 1. The second kappa shape index (κ2) is 6.02. The molecule has 0 saturated heterocycles. The van der Waals surface area contributed by atoms with E-state index in [2.05, 4.69) is 40.2 Å². The Hall–Kier alpha value is -3.00. The summed E-state index contributed by atoms with van der Waals surface area (Å²) in [5.74, 6) is 0.391. The number of amides is 1. The number of hydrogen-bond donors (Lipinski definition) is 1. The molecule has 0 radical (unpaired) electrons. The Balaban J connectivity index is 1.68. The molecule has 1 unspecified atom stereocenters. The summed E-state index contributed by atoms with van der Waals surface area (Å²) in [7, 11) is 0. The van der Waals surface area contributed by atoms with Gasteiger partial charge in [-0.1, -0.05) is 19.9 Å². The molecule has 0 aromatic carbocycles. The van der Waals surface area contributed by atoms with Gasteiger partial charge in [0.1, 0.15) is 18.1 Å². The fourth-order valence-electron chi connectivity index (χ4n) is 3.69. The molecule has 5 heterocycles. The normalized spacial score (nSPS) is 16.6. The van der Waals surface area contributed by atoms with Crippen molar-refractivity contribution >= 4 is 28.6 Å². The lowest BCUT2D eigenvalue weighted by Gasteiger charge is -2.25. The van der Waals surface area contributed by atoms with E-state index in [0.29, 0.717) is 11.6 Å². The maximum atomic E-state index is 13.3. The Morgan fingerprint density at radius 1 is 1.30 bits per heavy atom.